The Morgan fingerprint density at radius 1 is 1.04 bits per heavy atom. The van der Waals surface area contributed by atoms with Gasteiger partial charge in [0.1, 0.15) is 5.75 Å². The lowest BCUT2D eigenvalue weighted by Gasteiger charge is -2.18. The number of nitro groups is 1. The highest BCUT2D eigenvalue weighted by Gasteiger charge is 2.26. The van der Waals surface area contributed by atoms with Gasteiger partial charge in [0.15, 0.2) is 0 Å². The molecule has 0 spiro atoms. The Morgan fingerprint density at radius 3 is 2.23 bits per heavy atom. The van der Waals surface area contributed by atoms with Gasteiger partial charge in [0.25, 0.3) is 0 Å². The molecule has 0 fully saturated rings. The van der Waals surface area contributed by atoms with Gasteiger partial charge in [-0.2, -0.15) is 4.31 Å². The zero-order valence-electron chi connectivity index (χ0n) is 15.2. The molecular formula is C18H22N2O5S. The van der Waals surface area contributed by atoms with Gasteiger partial charge in [-0.1, -0.05) is 19.9 Å². The fourth-order valence-electron chi connectivity index (χ4n) is 2.50. The average molecular weight is 378 g/mol. The molecule has 0 atom stereocenters. The van der Waals surface area contributed by atoms with Gasteiger partial charge in [-0.25, -0.2) is 8.42 Å². The molecule has 0 heterocycles. The van der Waals surface area contributed by atoms with E-state index < -0.39 is 20.6 Å². The maximum Gasteiger partial charge on any atom is 0.312 e. The highest BCUT2D eigenvalue weighted by molar-refractivity contribution is 7.89. The van der Waals surface area contributed by atoms with Gasteiger partial charge in [-0.15, -0.1) is 0 Å². The van der Waals surface area contributed by atoms with E-state index in [1.807, 2.05) is 19.9 Å². The summed E-state index contributed by atoms with van der Waals surface area (Å²) in [6.45, 7) is 7.87. The van der Waals surface area contributed by atoms with Gasteiger partial charge in [0.2, 0.25) is 15.8 Å². The molecule has 7 nitrogen and oxygen atoms in total. The summed E-state index contributed by atoms with van der Waals surface area (Å²) in [6, 6.07) is 9.05. The van der Waals surface area contributed by atoms with Crippen molar-refractivity contribution in [3.8, 4) is 11.5 Å². The SMILES string of the molecule is CCN(CC)S(=O)(=O)c1ccc(Oc2ccc(C)c(C)c2)c([N+](=O)[O-])c1. The van der Waals surface area contributed by atoms with E-state index >= 15 is 0 Å². The van der Waals surface area contributed by atoms with Crippen LogP contribution in [0.2, 0.25) is 0 Å². The summed E-state index contributed by atoms with van der Waals surface area (Å²) < 4.78 is 32.1. The minimum absolute atomic E-state index is 0.00301. The van der Waals surface area contributed by atoms with Crippen LogP contribution in [0.15, 0.2) is 41.3 Å². The van der Waals surface area contributed by atoms with Gasteiger partial charge in [-0.3, -0.25) is 10.1 Å². The van der Waals surface area contributed by atoms with Gasteiger partial charge in [0, 0.05) is 19.2 Å². The molecule has 0 saturated carbocycles. The Hall–Kier alpha value is -2.45. The molecule has 0 aliphatic carbocycles. The highest BCUT2D eigenvalue weighted by Crippen LogP contribution is 2.34. The van der Waals surface area contributed by atoms with Crippen molar-refractivity contribution in [1.82, 2.24) is 4.31 Å². The van der Waals surface area contributed by atoms with Gasteiger partial charge in [0.05, 0.1) is 9.82 Å². The van der Waals surface area contributed by atoms with Crippen LogP contribution in [0.5, 0.6) is 11.5 Å². The Labute approximate surface area is 153 Å². The molecule has 26 heavy (non-hydrogen) atoms. The van der Waals surface area contributed by atoms with Crippen molar-refractivity contribution in [1.29, 1.82) is 0 Å². The third-order valence-electron chi connectivity index (χ3n) is 4.18. The molecule has 0 N–H and O–H groups in total. The van der Waals surface area contributed by atoms with Gasteiger partial charge < -0.3 is 4.74 Å². The van der Waals surface area contributed by atoms with Crippen molar-refractivity contribution in [2.24, 2.45) is 0 Å². The maximum atomic E-state index is 12.6. The van der Waals surface area contributed by atoms with Crippen LogP contribution in [0, 0.1) is 24.0 Å². The van der Waals surface area contributed by atoms with Crippen LogP contribution in [0.1, 0.15) is 25.0 Å². The minimum atomic E-state index is -3.79. The molecule has 8 heteroatoms. The average Bonchev–Trinajstić information content (AvgIpc) is 2.59. The molecule has 0 radical (unpaired) electrons. The van der Waals surface area contributed by atoms with Gasteiger partial charge >= 0.3 is 5.69 Å². The van der Waals surface area contributed by atoms with E-state index in [4.69, 9.17) is 4.74 Å². The first-order valence-electron chi connectivity index (χ1n) is 8.24. The molecule has 2 aromatic carbocycles. The predicted octanol–water partition coefficient (Wildman–Crippen LogP) is 4.03. The summed E-state index contributed by atoms with van der Waals surface area (Å²) in [7, 11) is -3.79. The lowest BCUT2D eigenvalue weighted by molar-refractivity contribution is -0.385. The fourth-order valence-corrected chi connectivity index (χ4v) is 3.98. The molecule has 0 bridgehead atoms. The van der Waals surface area contributed by atoms with Crippen molar-refractivity contribution < 1.29 is 18.1 Å². The quantitative estimate of drug-likeness (QED) is 0.536. The molecule has 2 aromatic rings. The lowest BCUT2D eigenvalue weighted by Crippen LogP contribution is -2.30. The summed E-state index contributed by atoms with van der Waals surface area (Å²) >= 11 is 0. The summed E-state index contributed by atoms with van der Waals surface area (Å²) in [4.78, 5) is 10.7. The fraction of sp³-hybridized carbons (Fsp3) is 0.333. The number of ether oxygens (including phenoxy) is 1. The van der Waals surface area contributed by atoms with Crippen LogP contribution < -0.4 is 4.74 Å². The Morgan fingerprint density at radius 2 is 1.69 bits per heavy atom. The molecule has 0 unspecified atom stereocenters. The van der Waals surface area contributed by atoms with Crippen LogP contribution in [0.25, 0.3) is 0 Å². The normalized spacial score (nSPS) is 11.6. The Kier molecular flexibility index (Phi) is 5.99. The van der Waals surface area contributed by atoms with Crippen LogP contribution in [-0.4, -0.2) is 30.7 Å². The van der Waals surface area contributed by atoms with Crippen LogP contribution in [0.3, 0.4) is 0 Å². The van der Waals surface area contributed by atoms with E-state index in [9.17, 15) is 18.5 Å². The smallest absolute Gasteiger partial charge is 0.312 e. The summed E-state index contributed by atoms with van der Waals surface area (Å²) in [5.74, 6) is 0.451. The minimum Gasteiger partial charge on any atom is -0.450 e. The molecule has 0 saturated heterocycles. The number of aryl methyl sites for hydroxylation is 2. The molecule has 0 aliphatic rings. The number of rotatable bonds is 7. The first-order valence-corrected chi connectivity index (χ1v) is 9.68. The van der Waals surface area contributed by atoms with Crippen molar-refractivity contribution >= 4 is 15.7 Å². The predicted molar refractivity (Wildman–Crippen MR) is 99.2 cm³/mol. The second-order valence-corrected chi connectivity index (χ2v) is 7.76. The molecule has 140 valence electrons. The van der Waals surface area contributed by atoms with Crippen molar-refractivity contribution in [3.05, 3.63) is 57.6 Å². The molecule has 2 rings (SSSR count). The van der Waals surface area contributed by atoms with Crippen molar-refractivity contribution in [2.45, 2.75) is 32.6 Å². The number of benzene rings is 2. The second-order valence-electron chi connectivity index (χ2n) is 5.82. The zero-order valence-corrected chi connectivity index (χ0v) is 16.0. The van der Waals surface area contributed by atoms with E-state index in [1.165, 1.54) is 16.4 Å². The Balaban J connectivity index is 2.46. The number of hydrogen-bond donors (Lipinski definition) is 0. The van der Waals surface area contributed by atoms with Crippen LogP contribution >= 0.6 is 0 Å². The zero-order chi connectivity index (χ0) is 19.5. The molecular weight excluding hydrogens is 356 g/mol. The first kappa shape index (κ1) is 19.9. The first-order chi connectivity index (χ1) is 12.2. The Bertz CT molecular complexity index is 921. The number of nitrogens with zero attached hydrogens (tertiary/aromatic N) is 2. The number of nitro benzene ring substituents is 1. The van der Waals surface area contributed by atoms with Crippen molar-refractivity contribution in [3.63, 3.8) is 0 Å². The van der Waals surface area contributed by atoms with Crippen molar-refractivity contribution in [2.75, 3.05) is 13.1 Å². The third-order valence-corrected chi connectivity index (χ3v) is 6.22. The summed E-state index contributed by atoms with van der Waals surface area (Å²) in [6.07, 6.45) is 0. The number of sulfonamides is 1. The van der Waals surface area contributed by atoms with Crippen LogP contribution in [-0.2, 0) is 10.0 Å². The van der Waals surface area contributed by atoms with E-state index in [0.717, 1.165) is 17.2 Å². The topological polar surface area (TPSA) is 89.8 Å². The van der Waals surface area contributed by atoms with E-state index in [2.05, 4.69) is 0 Å². The lowest BCUT2D eigenvalue weighted by atomic mass is 10.1. The molecule has 0 amide bonds. The van der Waals surface area contributed by atoms with Gasteiger partial charge in [-0.05, 0) is 49.2 Å². The van der Waals surface area contributed by atoms with Crippen LogP contribution in [0.4, 0.5) is 5.69 Å². The van der Waals surface area contributed by atoms with E-state index in [-0.39, 0.29) is 23.7 Å². The highest BCUT2D eigenvalue weighted by atomic mass is 32.2. The second kappa shape index (κ2) is 7.84. The summed E-state index contributed by atoms with van der Waals surface area (Å²) in [5.41, 5.74) is 1.68. The van der Waals surface area contributed by atoms with E-state index in [1.54, 1.807) is 26.0 Å². The molecule has 0 aromatic heterocycles. The largest absolute Gasteiger partial charge is 0.450 e. The van der Waals surface area contributed by atoms with E-state index in [0.29, 0.717) is 5.75 Å². The standard InChI is InChI=1S/C18H22N2O5S/c1-5-19(6-2)26(23,24)16-9-10-18(17(12-16)20(21)22)25-15-8-7-13(3)14(4)11-15/h7-12H,5-6H2,1-4H3. The maximum absolute atomic E-state index is 12.6. The summed E-state index contributed by atoms with van der Waals surface area (Å²) in [5, 5.41) is 11.4. The monoisotopic (exact) mass is 378 g/mol. The molecule has 0 aliphatic heterocycles. The number of hydrogen-bond acceptors (Lipinski definition) is 5. The third kappa shape index (κ3) is 4.03.